The van der Waals surface area contributed by atoms with Crippen molar-refractivity contribution in [2.75, 3.05) is 12.3 Å². The first kappa shape index (κ1) is 48.2. The standard InChI is InChI=1S/C52H81N5O6S2/c1-31-36-23-44(52(63)39-22-41(60)38-21-42(61)43(62)27-48(38,5)45(39)34(24-49(36,52)6)28-55-46(53)56-32(2)58)51(16-9-10-17-51)65-64-29-35(57-19-18-54-30-57)26-47(3,4)37(20-40(31)59)33-12-11-15-50(25-33)13-7-8-14-50/h18-19,22,30-32,34-36,38,40,42-45,58-59,61-63H,7-17,20-21,23-29H2,1-6H3,(H3,53,55,56). The Hall–Kier alpha value is -1.87. The van der Waals surface area contributed by atoms with Crippen molar-refractivity contribution in [1.29, 1.82) is 0 Å². The van der Waals surface area contributed by atoms with Gasteiger partial charge in [-0.25, -0.2) is 4.98 Å². The molecule has 0 aromatic carbocycles. The van der Waals surface area contributed by atoms with E-state index in [4.69, 9.17) is 10.7 Å². The van der Waals surface area contributed by atoms with Crippen LogP contribution in [0, 0.1) is 57.2 Å². The van der Waals surface area contributed by atoms with E-state index < -0.39 is 46.9 Å². The van der Waals surface area contributed by atoms with Crippen molar-refractivity contribution in [1.82, 2.24) is 14.9 Å². The van der Waals surface area contributed by atoms with E-state index in [0.717, 1.165) is 62.7 Å². The van der Waals surface area contributed by atoms with Gasteiger partial charge in [0.2, 0.25) is 0 Å². The number of aromatic nitrogens is 2. The van der Waals surface area contributed by atoms with Crippen molar-refractivity contribution in [3.8, 4) is 0 Å². The zero-order valence-electron chi connectivity index (χ0n) is 40.2. The van der Waals surface area contributed by atoms with Crippen molar-refractivity contribution in [2.24, 2.45) is 67.9 Å². The molecule has 0 radical (unpaired) electrons. The van der Waals surface area contributed by atoms with Crippen LogP contribution in [0.15, 0.2) is 46.5 Å². The number of guanidine groups is 1. The molecule has 11 nitrogen and oxygen atoms in total. The Morgan fingerprint density at radius 2 is 1.69 bits per heavy atom. The minimum atomic E-state index is -1.38. The van der Waals surface area contributed by atoms with Crippen molar-refractivity contribution in [3.05, 3.63) is 41.5 Å². The zero-order chi connectivity index (χ0) is 46.3. The number of carbonyl (C=O) groups is 1. The summed E-state index contributed by atoms with van der Waals surface area (Å²) in [6.07, 6.45) is 21.7. The van der Waals surface area contributed by atoms with Gasteiger partial charge in [0.1, 0.15) is 6.23 Å². The molecule has 14 unspecified atom stereocenters. The summed E-state index contributed by atoms with van der Waals surface area (Å²) >= 11 is 0. The van der Waals surface area contributed by atoms with Gasteiger partial charge in [0, 0.05) is 52.7 Å². The predicted molar refractivity (Wildman–Crippen MR) is 261 cm³/mol. The minimum absolute atomic E-state index is 0.0697. The summed E-state index contributed by atoms with van der Waals surface area (Å²) in [5.41, 5.74) is 7.54. The van der Waals surface area contributed by atoms with E-state index >= 15 is 0 Å². The lowest BCUT2D eigenvalue weighted by atomic mass is 9.42. The van der Waals surface area contributed by atoms with Crippen LogP contribution in [0.3, 0.4) is 0 Å². The molecular formula is C52H81N5O6S2. The Kier molecular flexibility index (Phi) is 13.2. The third-order valence-electron chi connectivity index (χ3n) is 19.8. The molecule has 65 heavy (non-hydrogen) atoms. The molecule has 9 rings (SSSR count). The number of nitrogens with zero attached hydrogens (tertiary/aromatic N) is 3. The Labute approximate surface area is 396 Å². The number of ketones is 1. The number of aliphatic hydroxyl groups is 5. The maximum atomic E-state index is 14.8. The molecule has 14 atom stereocenters. The van der Waals surface area contributed by atoms with Crippen LogP contribution in [0.5, 0.6) is 0 Å². The molecule has 0 amide bonds. The van der Waals surface area contributed by atoms with Crippen LogP contribution in [0.1, 0.15) is 163 Å². The molecule has 8 aliphatic rings. The highest BCUT2D eigenvalue weighted by atomic mass is 33.1. The number of hydrogen-bond donors (Lipinski definition) is 7. The first-order valence-electron chi connectivity index (χ1n) is 25.5. The number of aliphatic hydroxyl groups excluding tert-OH is 4. The molecule has 1 aliphatic heterocycles. The summed E-state index contributed by atoms with van der Waals surface area (Å²) in [5.74, 6) is -0.460. The summed E-state index contributed by atoms with van der Waals surface area (Å²) in [5, 5.41) is 63.2. The predicted octanol–water partition coefficient (Wildman–Crippen LogP) is 8.27. The maximum absolute atomic E-state index is 14.8. The lowest BCUT2D eigenvalue weighted by Gasteiger charge is -2.64. The molecule has 7 fully saturated rings. The van der Waals surface area contributed by atoms with Crippen LogP contribution in [-0.4, -0.2) is 94.0 Å². The lowest BCUT2D eigenvalue weighted by molar-refractivity contribution is -0.171. The number of allylic oxidation sites excluding steroid dienone is 2. The highest BCUT2D eigenvalue weighted by Crippen LogP contribution is 2.75. The average molecular weight is 936 g/mol. The normalized spacial score (nSPS) is 44.5. The molecule has 2 bridgehead atoms. The van der Waals surface area contributed by atoms with E-state index in [1.165, 1.54) is 44.1 Å². The largest absolute Gasteiger partial charge is 0.393 e. The van der Waals surface area contributed by atoms with E-state index in [0.29, 0.717) is 24.8 Å². The number of hydrogen-bond acceptors (Lipinski definition) is 10. The number of fused-ring (bicyclic) bond motifs is 10. The second kappa shape index (κ2) is 17.8. The van der Waals surface area contributed by atoms with Crippen LogP contribution >= 0.6 is 21.6 Å². The fourth-order valence-electron chi connectivity index (χ4n) is 16.7. The topological polar surface area (TPSA) is 186 Å². The molecule has 1 aromatic heterocycles. The number of carbonyl (C=O) groups excluding carboxylic acids is 1. The smallest absolute Gasteiger partial charge is 0.190 e. The van der Waals surface area contributed by atoms with Crippen molar-refractivity contribution < 1.29 is 30.3 Å². The number of aliphatic imine (C=N–C) groups is 1. The van der Waals surface area contributed by atoms with E-state index in [9.17, 15) is 30.3 Å². The quantitative estimate of drug-likeness (QED) is 0.0507. The first-order chi connectivity index (χ1) is 30.8. The fourth-order valence-corrected chi connectivity index (χ4v) is 20.6. The van der Waals surface area contributed by atoms with E-state index in [1.807, 2.05) is 34.1 Å². The summed E-state index contributed by atoms with van der Waals surface area (Å²) < 4.78 is 2.04. The molecular weight excluding hydrogens is 855 g/mol. The third kappa shape index (κ3) is 8.24. The molecule has 8 N–H and O–H groups in total. The van der Waals surface area contributed by atoms with Crippen molar-refractivity contribution in [2.45, 2.75) is 198 Å². The Bertz CT molecular complexity index is 2010. The summed E-state index contributed by atoms with van der Waals surface area (Å²) in [4.78, 5) is 24.2. The van der Waals surface area contributed by atoms with Crippen molar-refractivity contribution in [3.63, 3.8) is 0 Å². The number of rotatable bonds is 4. The van der Waals surface area contributed by atoms with Gasteiger partial charge < -0.3 is 41.2 Å². The molecule has 2 heterocycles. The Morgan fingerprint density at radius 1 is 0.985 bits per heavy atom. The molecule has 6 saturated carbocycles. The second-order valence-electron chi connectivity index (χ2n) is 24.0. The van der Waals surface area contributed by atoms with E-state index in [-0.39, 0.29) is 70.4 Å². The monoisotopic (exact) mass is 936 g/mol. The number of imidazole rings is 1. The van der Waals surface area contributed by atoms with Crippen molar-refractivity contribution >= 4 is 33.3 Å². The summed E-state index contributed by atoms with van der Waals surface area (Å²) in [7, 11) is 3.95. The van der Waals surface area contributed by atoms with Gasteiger partial charge in [-0.15, -0.1) is 0 Å². The molecule has 13 heteroatoms. The van der Waals surface area contributed by atoms with Crippen LogP contribution in [-0.2, 0) is 4.79 Å². The lowest BCUT2D eigenvalue weighted by Crippen LogP contribution is -2.66. The van der Waals surface area contributed by atoms with Gasteiger partial charge in [0.05, 0.1) is 30.2 Å². The van der Waals surface area contributed by atoms with E-state index in [1.54, 1.807) is 18.6 Å². The average Bonchev–Trinajstić information content (AvgIpc) is 4.07. The first-order valence-corrected chi connectivity index (χ1v) is 27.8. The van der Waals surface area contributed by atoms with Gasteiger partial charge in [-0.2, -0.15) is 0 Å². The molecule has 2 spiro atoms. The van der Waals surface area contributed by atoms with Gasteiger partial charge in [-0.1, -0.05) is 93.0 Å². The highest BCUT2D eigenvalue weighted by Gasteiger charge is 2.75. The van der Waals surface area contributed by atoms with Gasteiger partial charge in [0.25, 0.3) is 0 Å². The summed E-state index contributed by atoms with van der Waals surface area (Å²) in [6, 6.07) is 0.185. The van der Waals surface area contributed by atoms with E-state index in [2.05, 4.69) is 55.7 Å². The minimum Gasteiger partial charge on any atom is -0.393 e. The zero-order valence-corrected chi connectivity index (χ0v) is 41.8. The van der Waals surface area contributed by atoms with Crippen LogP contribution in [0.25, 0.3) is 0 Å². The Balaban J connectivity index is 1.20. The van der Waals surface area contributed by atoms with Crippen LogP contribution in [0.2, 0.25) is 0 Å². The number of nitrogens with one attached hydrogen (secondary N) is 1. The highest BCUT2D eigenvalue weighted by molar-refractivity contribution is 8.77. The van der Waals surface area contributed by atoms with Gasteiger partial charge in [-0.05, 0) is 148 Å². The Morgan fingerprint density at radius 3 is 2.38 bits per heavy atom. The molecule has 1 saturated heterocycles. The fraction of sp³-hybridized carbons (Fsp3) is 0.827. The SMILES string of the molecule is CC(O)NC(N)=NCC1CC2(C)C3CC(C4(CCCC4)SSCC(n4ccnc4)CC(C)(C)C(=C4CCCC5(CCCC5)C4)CC(O)C3C)C2(O)C2=CC(=O)C3CC(O)C(O)CC3(C)C21. The molecule has 362 valence electrons. The van der Waals surface area contributed by atoms with Crippen LogP contribution in [0.4, 0.5) is 0 Å². The summed E-state index contributed by atoms with van der Waals surface area (Å²) in [6.45, 7) is 13.4. The second-order valence-corrected chi connectivity index (χ2v) is 26.8. The maximum Gasteiger partial charge on any atom is 0.190 e. The molecule has 1 aromatic rings. The third-order valence-corrected chi connectivity index (χ3v) is 23.2. The molecule has 7 aliphatic carbocycles. The number of nitrogens with two attached hydrogens (primary N) is 1. The van der Waals surface area contributed by atoms with Gasteiger partial charge in [-0.3, -0.25) is 9.79 Å². The van der Waals surface area contributed by atoms with Gasteiger partial charge >= 0.3 is 0 Å². The van der Waals surface area contributed by atoms with Crippen LogP contribution < -0.4 is 11.1 Å². The van der Waals surface area contributed by atoms with Gasteiger partial charge in [0.15, 0.2) is 11.7 Å².